The van der Waals surface area contributed by atoms with E-state index in [4.69, 9.17) is 12.8 Å². The Bertz CT molecular complexity index is 99.5. The number of terminal acetylenes is 2. The van der Waals surface area contributed by atoms with Crippen LogP contribution >= 0.6 is 0 Å². The number of rotatable bonds is 3. The van der Waals surface area contributed by atoms with Crippen LogP contribution < -0.4 is 10.9 Å². The SMILES string of the molecule is C#CCNNCC#C. The van der Waals surface area contributed by atoms with Gasteiger partial charge in [0.05, 0.1) is 13.1 Å². The maximum atomic E-state index is 4.91. The zero-order chi connectivity index (χ0) is 6.24. The summed E-state index contributed by atoms with van der Waals surface area (Å²) < 4.78 is 0. The number of nitrogens with one attached hydrogen (secondary N) is 2. The minimum atomic E-state index is 0.502. The third-order valence-electron chi connectivity index (χ3n) is 0.506. The van der Waals surface area contributed by atoms with Gasteiger partial charge in [0.1, 0.15) is 0 Å². The highest BCUT2D eigenvalue weighted by Gasteiger charge is 1.72. The Hall–Kier alpha value is -0.960. The molecule has 0 aliphatic heterocycles. The van der Waals surface area contributed by atoms with E-state index in [-0.39, 0.29) is 0 Å². The fourth-order valence-corrected chi connectivity index (χ4v) is 0.227. The Morgan fingerprint density at radius 2 is 1.38 bits per heavy atom. The second kappa shape index (κ2) is 6.04. The van der Waals surface area contributed by atoms with Crippen molar-refractivity contribution in [3.05, 3.63) is 0 Å². The van der Waals surface area contributed by atoms with Crippen molar-refractivity contribution in [1.82, 2.24) is 10.9 Å². The molecule has 0 aromatic heterocycles. The second-order valence-corrected chi connectivity index (χ2v) is 1.12. The van der Waals surface area contributed by atoms with Crippen molar-refractivity contribution in [2.24, 2.45) is 0 Å². The Kier molecular flexibility index (Phi) is 5.32. The van der Waals surface area contributed by atoms with Gasteiger partial charge >= 0.3 is 0 Å². The normalized spacial score (nSPS) is 7.25. The van der Waals surface area contributed by atoms with E-state index in [0.29, 0.717) is 13.1 Å². The lowest BCUT2D eigenvalue weighted by atomic mass is 10.7. The van der Waals surface area contributed by atoms with Crippen molar-refractivity contribution >= 4 is 0 Å². The summed E-state index contributed by atoms with van der Waals surface area (Å²) >= 11 is 0. The Morgan fingerprint density at radius 1 is 1.00 bits per heavy atom. The third kappa shape index (κ3) is 5.04. The first-order valence-corrected chi connectivity index (χ1v) is 2.24. The summed E-state index contributed by atoms with van der Waals surface area (Å²) in [5.41, 5.74) is 5.41. The highest BCUT2D eigenvalue weighted by atomic mass is 15.3. The van der Waals surface area contributed by atoms with Crippen LogP contribution in [0.2, 0.25) is 0 Å². The molecule has 0 aromatic rings. The van der Waals surface area contributed by atoms with Crippen molar-refractivity contribution < 1.29 is 0 Å². The predicted molar refractivity (Wildman–Crippen MR) is 33.7 cm³/mol. The van der Waals surface area contributed by atoms with E-state index in [0.717, 1.165) is 0 Å². The lowest BCUT2D eigenvalue weighted by Crippen LogP contribution is -2.31. The Balaban J connectivity index is 2.77. The number of hydrogen-bond acceptors (Lipinski definition) is 2. The van der Waals surface area contributed by atoms with Crippen LogP contribution in [0.15, 0.2) is 0 Å². The smallest absolute Gasteiger partial charge is 0.0709 e. The molecular formula is C6H8N2. The van der Waals surface area contributed by atoms with Crippen LogP contribution in [0.25, 0.3) is 0 Å². The zero-order valence-corrected chi connectivity index (χ0v) is 4.57. The molecule has 0 unspecified atom stereocenters. The molecule has 0 spiro atoms. The van der Waals surface area contributed by atoms with Crippen LogP contribution in [0.5, 0.6) is 0 Å². The van der Waals surface area contributed by atoms with E-state index in [1.165, 1.54) is 0 Å². The van der Waals surface area contributed by atoms with Gasteiger partial charge in [0, 0.05) is 0 Å². The molecule has 0 saturated carbocycles. The first-order valence-electron chi connectivity index (χ1n) is 2.24. The summed E-state index contributed by atoms with van der Waals surface area (Å²) in [4.78, 5) is 0. The van der Waals surface area contributed by atoms with Crippen LogP contribution in [0.4, 0.5) is 0 Å². The molecule has 8 heavy (non-hydrogen) atoms. The number of hydrazine groups is 1. The summed E-state index contributed by atoms with van der Waals surface area (Å²) in [6, 6.07) is 0. The van der Waals surface area contributed by atoms with Crippen molar-refractivity contribution in [3.63, 3.8) is 0 Å². The van der Waals surface area contributed by atoms with Gasteiger partial charge in [0.15, 0.2) is 0 Å². The molecule has 42 valence electrons. The third-order valence-corrected chi connectivity index (χ3v) is 0.506. The van der Waals surface area contributed by atoms with Gasteiger partial charge in [-0.1, -0.05) is 11.8 Å². The predicted octanol–water partition coefficient (Wildman–Crippen LogP) is -0.653. The summed E-state index contributed by atoms with van der Waals surface area (Å²) in [5, 5.41) is 0. The first kappa shape index (κ1) is 7.04. The van der Waals surface area contributed by atoms with Gasteiger partial charge in [-0.2, -0.15) is 0 Å². The van der Waals surface area contributed by atoms with E-state index in [1.807, 2.05) is 0 Å². The molecule has 0 aromatic carbocycles. The molecule has 2 heteroatoms. The molecule has 0 aliphatic carbocycles. The van der Waals surface area contributed by atoms with E-state index >= 15 is 0 Å². The maximum absolute atomic E-state index is 4.91. The van der Waals surface area contributed by atoms with Gasteiger partial charge in [-0.3, -0.25) is 0 Å². The number of hydrogen-bond donors (Lipinski definition) is 2. The van der Waals surface area contributed by atoms with E-state index < -0.39 is 0 Å². The minimum absolute atomic E-state index is 0.502. The molecule has 0 radical (unpaired) electrons. The molecule has 0 heterocycles. The van der Waals surface area contributed by atoms with Crippen LogP contribution in [0, 0.1) is 24.7 Å². The zero-order valence-electron chi connectivity index (χ0n) is 4.57. The quantitative estimate of drug-likeness (QED) is 0.285. The van der Waals surface area contributed by atoms with E-state index in [2.05, 4.69) is 22.7 Å². The van der Waals surface area contributed by atoms with E-state index in [1.54, 1.807) is 0 Å². The van der Waals surface area contributed by atoms with Crippen molar-refractivity contribution in [1.29, 1.82) is 0 Å². The highest BCUT2D eigenvalue weighted by Crippen LogP contribution is 1.47. The lowest BCUT2D eigenvalue weighted by Gasteiger charge is -1.95. The van der Waals surface area contributed by atoms with Crippen molar-refractivity contribution in [2.45, 2.75) is 0 Å². The molecular weight excluding hydrogens is 100 g/mol. The van der Waals surface area contributed by atoms with Gasteiger partial charge in [0.25, 0.3) is 0 Å². The first-order chi connectivity index (χ1) is 3.91. The van der Waals surface area contributed by atoms with Gasteiger partial charge < -0.3 is 0 Å². The average molecular weight is 108 g/mol. The standard InChI is InChI=1S/C6H8N2/c1-3-5-7-8-6-4-2/h1-2,7-8H,5-6H2. The van der Waals surface area contributed by atoms with Gasteiger partial charge in [-0.15, -0.1) is 12.8 Å². The fraction of sp³-hybridized carbons (Fsp3) is 0.333. The maximum Gasteiger partial charge on any atom is 0.0709 e. The molecule has 0 saturated heterocycles. The van der Waals surface area contributed by atoms with Gasteiger partial charge in [-0.05, 0) is 0 Å². The van der Waals surface area contributed by atoms with Crippen LogP contribution in [0.1, 0.15) is 0 Å². The van der Waals surface area contributed by atoms with Gasteiger partial charge in [0.2, 0.25) is 0 Å². The summed E-state index contributed by atoms with van der Waals surface area (Å²) in [5.74, 6) is 4.77. The summed E-state index contributed by atoms with van der Waals surface area (Å²) in [7, 11) is 0. The molecule has 0 rings (SSSR count). The molecule has 0 amide bonds. The molecule has 0 bridgehead atoms. The van der Waals surface area contributed by atoms with Crippen LogP contribution in [-0.4, -0.2) is 13.1 Å². The Morgan fingerprint density at radius 3 is 1.62 bits per heavy atom. The lowest BCUT2D eigenvalue weighted by molar-refractivity contribution is 0.623. The fourth-order valence-electron chi connectivity index (χ4n) is 0.227. The molecule has 2 N–H and O–H groups in total. The second-order valence-electron chi connectivity index (χ2n) is 1.12. The molecule has 0 aliphatic rings. The monoisotopic (exact) mass is 108 g/mol. The van der Waals surface area contributed by atoms with Crippen molar-refractivity contribution in [3.8, 4) is 24.7 Å². The molecule has 0 fully saturated rings. The van der Waals surface area contributed by atoms with Crippen LogP contribution in [-0.2, 0) is 0 Å². The minimum Gasteiger partial charge on any atom is -0.245 e. The molecule has 2 nitrogen and oxygen atoms in total. The largest absolute Gasteiger partial charge is 0.245 e. The van der Waals surface area contributed by atoms with Gasteiger partial charge in [-0.25, -0.2) is 10.9 Å². The average Bonchev–Trinajstić information content (AvgIpc) is 1.81. The topological polar surface area (TPSA) is 24.1 Å². The molecule has 0 atom stereocenters. The van der Waals surface area contributed by atoms with E-state index in [9.17, 15) is 0 Å². The Labute approximate surface area is 49.6 Å². The van der Waals surface area contributed by atoms with Crippen LogP contribution in [0.3, 0.4) is 0 Å². The summed E-state index contributed by atoms with van der Waals surface area (Å²) in [6.45, 7) is 1.00. The highest BCUT2D eigenvalue weighted by molar-refractivity contribution is 4.88. The van der Waals surface area contributed by atoms with Crippen molar-refractivity contribution in [2.75, 3.05) is 13.1 Å². The summed E-state index contributed by atoms with van der Waals surface area (Å²) in [6.07, 6.45) is 9.81.